The number of hydrogen-bond acceptors (Lipinski definition) is 2. The Morgan fingerprint density at radius 2 is 1.45 bits per heavy atom. The molecule has 0 N–H and O–H groups in total. The summed E-state index contributed by atoms with van der Waals surface area (Å²) in [6, 6.07) is 8.59. The topological polar surface area (TPSA) is 12.5 Å². The molecule has 0 aliphatic heterocycles. The molecule has 0 radical (unpaired) electrons. The van der Waals surface area contributed by atoms with Crippen molar-refractivity contribution < 1.29 is 4.74 Å². The molecular formula is C19H32BrNO. The molecule has 0 aliphatic carbocycles. The van der Waals surface area contributed by atoms with Crippen LogP contribution in [-0.4, -0.2) is 29.9 Å². The molecule has 0 saturated heterocycles. The van der Waals surface area contributed by atoms with E-state index in [0.29, 0.717) is 0 Å². The highest BCUT2D eigenvalue weighted by Crippen LogP contribution is 2.14. The van der Waals surface area contributed by atoms with Crippen LogP contribution in [0.1, 0.15) is 57.9 Å². The highest BCUT2D eigenvalue weighted by molar-refractivity contribution is 9.09. The Labute approximate surface area is 145 Å². The van der Waals surface area contributed by atoms with Gasteiger partial charge in [-0.2, -0.15) is 0 Å². The average Bonchev–Trinajstić information content (AvgIpc) is 2.56. The van der Waals surface area contributed by atoms with Crippen molar-refractivity contribution in [3.8, 4) is 5.75 Å². The van der Waals surface area contributed by atoms with Crippen LogP contribution >= 0.6 is 15.9 Å². The number of rotatable bonds is 13. The van der Waals surface area contributed by atoms with Crippen LogP contribution in [0, 0.1) is 0 Å². The van der Waals surface area contributed by atoms with Crippen molar-refractivity contribution in [3.05, 3.63) is 29.8 Å². The fourth-order valence-corrected chi connectivity index (χ4v) is 2.89. The Bertz CT molecular complexity index is 362. The summed E-state index contributed by atoms with van der Waals surface area (Å²) in [7, 11) is 0. The van der Waals surface area contributed by atoms with E-state index in [0.717, 1.165) is 43.7 Å². The van der Waals surface area contributed by atoms with Crippen molar-refractivity contribution in [1.82, 2.24) is 4.90 Å². The lowest BCUT2D eigenvalue weighted by atomic mass is 10.1. The van der Waals surface area contributed by atoms with E-state index in [9.17, 15) is 0 Å². The Morgan fingerprint density at radius 3 is 2.05 bits per heavy atom. The number of halogens is 1. The molecule has 0 aromatic heterocycles. The van der Waals surface area contributed by atoms with Crippen molar-refractivity contribution in [2.24, 2.45) is 0 Å². The smallest absolute Gasteiger partial charge is 0.119 e. The van der Waals surface area contributed by atoms with Gasteiger partial charge in [0.25, 0.3) is 0 Å². The maximum atomic E-state index is 5.83. The first kappa shape index (κ1) is 19.5. The normalized spacial score (nSPS) is 11.1. The molecule has 1 aromatic rings. The minimum atomic E-state index is 0.841. The molecule has 1 rings (SSSR count). The fraction of sp³-hybridized carbons (Fsp3) is 0.684. The predicted octanol–water partition coefficient (Wildman–Crippen LogP) is 5.64. The largest absolute Gasteiger partial charge is 0.494 e. The van der Waals surface area contributed by atoms with Gasteiger partial charge in [0.05, 0.1) is 6.61 Å². The molecule has 2 nitrogen and oxygen atoms in total. The summed E-state index contributed by atoms with van der Waals surface area (Å²) in [4.78, 5) is 2.42. The monoisotopic (exact) mass is 369 g/mol. The van der Waals surface area contributed by atoms with Gasteiger partial charge in [0, 0.05) is 11.9 Å². The van der Waals surface area contributed by atoms with Gasteiger partial charge >= 0.3 is 0 Å². The van der Waals surface area contributed by atoms with Crippen molar-refractivity contribution in [3.63, 3.8) is 0 Å². The van der Waals surface area contributed by atoms with Gasteiger partial charge in [-0.25, -0.2) is 0 Å². The van der Waals surface area contributed by atoms with E-state index < -0.39 is 0 Å². The van der Waals surface area contributed by atoms with Gasteiger partial charge in [-0.1, -0.05) is 67.6 Å². The third kappa shape index (κ3) is 8.79. The quantitative estimate of drug-likeness (QED) is 0.329. The minimum absolute atomic E-state index is 0.841. The van der Waals surface area contributed by atoms with E-state index in [1.807, 2.05) is 0 Å². The summed E-state index contributed by atoms with van der Waals surface area (Å²) in [5.74, 6) is 1.00. The number of alkyl halides is 1. The Hall–Kier alpha value is -0.540. The molecule has 0 heterocycles. The van der Waals surface area contributed by atoms with E-state index in [-0.39, 0.29) is 0 Å². The van der Waals surface area contributed by atoms with Gasteiger partial charge in [-0.15, -0.1) is 0 Å². The van der Waals surface area contributed by atoms with Gasteiger partial charge in [-0.3, -0.25) is 4.90 Å². The molecular weight excluding hydrogens is 338 g/mol. The maximum absolute atomic E-state index is 5.83. The lowest BCUT2D eigenvalue weighted by molar-refractivity contribution is 0.294. The van der Waals surface area contributed by atoms with E-state index in [2.05, 4.69) is 58.9 Å². The number of ether oxygens (including phenoxy) is 1. The molecule has 126 valence electrons. The van der Waals surface area contributed by atoms with Crippen molar-refractivity contribution in [1.29, 1.82) is 0 Å². The highest BCUT2D eigenvalue weighted by Gasteiger charge is 2.01. The van der Waals surface area contributed by atoms with Crippen LogP contribution in [0.2, 0.25) is 0 Å². The number of hydrogen-bond donors (Lipinski definition) is 0. The average molecular weight is 370 g/mol. The second-order valence-electron chi connectivity index (χ2n) is 5.76. The molecule has 0 saturated carbocycles. The zero-order valence-corrected chi connectivity index (χ0v) is 15.9. The molecule has 0 bridgehead atoms. The molecule has 1 aromatic carbocycles. The summed E-state index contributed by atoms with van der Waals surface area (Å²) >= 11 is 3.47. The van der Waals surface area contributed by atoms with Crippen molar-refractivity contribution >= 4 is 15.9 Å². The second-order valence-corrected chi connectivity index (χ2v) is 6.56. The van der Waals surface area contributed by atoms with Crippen LogP contribution in [0.4, 0.5) is 0 Å². The Kier molecular flexibility index (Phi) is 11.5. The number of benzene rings is 1. The van der Waals surface area contributed by atoms with Crippen LogP contribution in [-0.2, 0) is 6.54 Å². The predicted molar refractivity (Wildman–Crippen MR) is 100 cm³/mol. The zero-order valence-electron chi connectivity index (χ0n) is 14.3. The third-order valence-corrected chi connectivity index (χ3v) is 4.58. The SMILES string of the molecule is CCN(CC)Cc1ccc(OCCCCCCCCBr)cc1. The lowest BCUT2D eigenvalue weighted by Crippen LogP contribution is -2.21. The van der Waals surface area contributed by atoms with E-state index >= 15 is 0 Å². The van der Waals surface area contributed by atoms with Crippen molar-refractivity contribution in [2.75, 3.05) is 25.0 Å². The van der Waals surface area contributed by atoms with Gasteiger partial charge in [0.1, 0.15) is 5.75 Å². The van der Waals surface area contributed by atoms with Crippen LogP contribution < -0.4 is 4.74 Å². The van der Waals surface area contributed by atoms with Crippen LogP contribution in [0.5, 0.6) is 5.75 Å². The van der Waals surface area contributed by atoms with Gasteiger partial charge < -0.3 is 4.74 Å². The first-order valence-electron chi connectivity index (χ1n) is 8.80. The number of nitrogens with zero attached hydrogens (tertiary/aromatic N) is 1. The van der Waals surface area contributed by atoms with Crippen LogP contribution in [0.3, 0.4) is 0 Å². The van der Waals surface area contributed by atoms with Crippen molar-refractivity contribution in [2.45, 2.75) is 58.9 Å². The van der Waals surface area contributed by atoms with E-state index in [1.54, 1.807) is 0 Å². The molecule has 0 aliphatic rings. The molecule has 0 atom stereocenters. The first-order valence-corrected chi connectivity index (χ1v) is 9.92. The maximum Gasteiger partial charge on any atom is 0.119 e. The molecule has 0 amide bonds. The van der Waals surface area contributed by atoms with Gasteiger partial charge in [0.2, 0.25) is 0 Å². The fourth-order valence-electron chi connectivity index (χ4n) is 2.49. The molecule has 0 spiro atoms. The summed E-state index contributed by atoms with van der Waals surface area (Å²) < 4.78 is 5.83. The summed E-state index contributed by atoms with van der Waals surface area (Å²) in [5, 5.41) is 1.14. The van der Waals surface area contributed by atoms with Gasteiger partial charge in [0.15, 0.2) is 0 Å². The molecule has 3 heteroatoms. The van der Waals surface area contributed by atoms with Crippen LogP contribution in [0.25, 0.3) is 0 Å². The molecule has 22 heavy (non-hydrogen) atoms. The zero-order chi connectivity index (χ0) is 16.0. The highest BCUT2D eigenvalue weighted by atomic mass is 79.9. The first-order chi connectivity index (χ1) is 10.8. The Morgan fingerprint density at radius 1 is 0.864 bits per heavy atom. The molecule has 0 fully saturated rings. The van der Waals surface area contributed by atoms with Crippen LogP contribution in [0.15, 0.2) is 24.3 Å². The molecule has 0 unspecified atom stereocenters. The third-order valence-electron chi connectivity index (χ3n) is 4.02. The van der Waals surface area contributed by atoms with Gasteiger partial charge in [-0.05, 0) is 43.6 Å². The Balaban J connectivity index is 2.14. The van der Waals surface area contributed by atoms with E-state index in [1.165, 1.54) is 37.7 Å². The second kappa shape index (κ2) is 13.0. The summed E-state index contributed by atoms with van der Waals surface area (Å²) in [5.41, 5.74) is 1.36. The number of unbranched alkanes of at least 4 members (excludes halogenated alkanes) is 5. The minimum Gasteiger partial charge on any atom is -0.494 e. The van der Waals surface area contributed by atoms with E-state index in [4.69, 9.17) is 4.74 Å². The summed E-state index contributed by atoms with van der Waals surface area (Å²) in [6.07, 6.45) is 7.78. The lowest BCUT2D eigenvalue weighted by Gasteiger charge is -2.18. The summed E-state index contributed by atoms with van der Waals surface area (Å²) in [6.45, 7) is 8.49. The standard InChI is InChI=1S/C19H32BrNO/c1-3-21(4-2)17-18-11-13-19(14-12-18)22-16-10-8-6-5-7-9-15-20/h11-14H,3-10,15-17H2,1-2H3.